The summed E-state index contributed by atoms with van der Waals surface area (Å²) in [6.45, 7) is 9.07. The van der Waals surface area contributed by atoms with E-state index < -0.39 is 0 Å². The van der Waals surface area contributed by atoms with E-state index in [-0.39, 0.29) is 0 Å². The molecule has 1 aliphatic heterocycles. The number of piperidine rings is 1. The lowest BCUT2D eigenvalue weighted by atomic mass is 9.93. The van der Waals surface area contributed by atoms with Crippen LogP contribution in [0.1, 0.15) is 31.7 Å². The molecule has 0 spiro atoms. The Morgan fingerprint density at radius 1 is 1.33 bits per heavy atom. The fourth-order valence-electron chi connectivity index (χ4n) is 3.35. The molecule has 0 radical (unpaired) electrons. The van der Waals surface area contributed by atoms with Crippen LogP contribution in [0, 0.1) is 11.8 Å². The Kier molecular flexibility index (Phi) is 5.56. The van der Waals surface area contributed by atoms with Gasteiger partial charge in [0.25, 0.3) is 0 Å². The number of ether oxygens (including phenoxy) is 1. The van der Waals surface area contributed by atoms with Gasteiger partial charge in [0.2, 0.25) is 5.91 Å². The van der Waals surface area contributed by atoms with Gasteiger partial charge >= 0.3 is 0 Å². The van der Waals surface area contributed by atoms with Crippen molar-refractivity contribution in [2.75, 3.05) is 19.7 Å². The molecule has 24 heavy (non-hydrogen) atoms. The number of amides is 1. The Labute approximate surface area is 144 Å². The highest BCUT2D eigenvalue weighted by molar-refractivity contribution is 5.81. The monoisotopic (exact) mass is 328 g/mol. The lowest BCUT2D eigenvalue weighted by molar-refractivity contribution is -0.134. The molecule has 0 unspecified atom stereocenters. The molecule has 3 rings (SSSR count). The van der Waals surface area contributed by atoms with Crippen molar-refractivity contribution in [2.45, 2.75) is 38.8 Å². The minimum Gasteiger partial charge on any atom is -0.490 e. The van der Waals surface area contributed by atoms with Gasteiger partial charge in [0.15, 0.2) is 0 Å². The maximum atomic E-state index is 12.2. The van der Waals surface area contributed by atoms with Gasteiger partial charge in [-0.2, -0.15) is 0 Å². The predicted octanol–water partition coefficient (Wildman–Crippen LogP) is 2.99. The molecule has 1 amide bonds. The summed E-state index contributed by atoms with van der Waals surface area (Å²) in [5.41, 5.74) is 1.25. The molecule has 1 N–H and O–H groups in total. The second-order valence-corrected chi connectivity index (χ2v) is 7.06. The SMILES string of the molecule is C=CCOc1ccc(CN[C@H]2CCN(C(=O)C3CC3)C[C@H]2C)cc1. The van der Waals surface area contributed by atoms with Crippen molar-refractivity contribution in [3.8, 4) is 5.75 Å². The van der Waals surface area contributed by atoms with Crippen molar-refractivity contribution in [2.24, 2.45) is 11.8 Å². The van der Waals surface area contributed by atoms with Crippen LogP contribution in [-0.2, 0) is 11.3 Å². The van der Waals surface area contributed by atoms with Gasteiger partial charge in [0, 0.05) is 31.6 Å². The van der Waals surface area contributed by atoms with Gasteiger partial charge in [-0.25, -0.2) is 0 Å². The highest BCUT2D eigenvalue weighted by atomic mass is 16.5. The number of nitrogens with zero attached hydrogens (tertiary/aromatic N) is 1. The molecule has 2 atom stereocenters. The van der Waals surface area contributed by atoms with E-state index >= 15 is 0 Å². The molecule has 0 aromatic heterocycles. The second-order valence-electron chi connectivity index (χ2n) is 7.06. The summed E-state index contributed by atoms with van der Waals surface area (Å²) in [6.07, 6.45) is 4.98. The first-order valence-corrected chi connectivity index (χ1v) is 9.02. The first-order valence-electron chi connectivity index (χ1n) is 9.02. The van der Waals surface area contributed by atoms with E-state index in [2.05, 4.69) is 35.9 Å². The van der Waals surface area contributed by atoms with Crippen LogP contribution in [0.5, 0.6) is 5.75 Å². The van der Waals surface area contributed by atoms with Crippen molar-refractivity contribution in [1.29, 1.82) is 0 Å². The highest BCUT2D eigenvalue weighted by Crippen LogP contribution is 2.32. The third kappa shape index (κ3) is 4.38. The van der Waals surface area contributed by atoms with E-state index in [1.165, 1.54) is 5.56 Å². The predicted molar refractivity (Wildman–Crippen MR) is 95.8 cm³/mol. The van der Waals surface area contributed by atoms with Gasteiger partial charge < -0.3 is 15.0 Å². The molecule has 1 aromatic rings. The molecule has 1 saturated carbocycles. The summed E-state index contributed by atoms with van der Waals surface area (Å²) < 4.78 is 5.50. The van der Waals surface area contributed by atoms with Gasteiger partial charge in [0.1, 0.15) is 12.4 Å². The molecule has 1 aromatic carbocycles. The fourth-order valence-corrected chi connectivity index (χ4v) is 3.35. The Hall–Kier alpha value is -1.81. The maximum Gasteiger partial charge on any atom is 0.225 e. The number of nitrogens with one attached hydrogen (secondary N) is 1. The second kappa shape index (κ2) is 7.84. The van der Waals surface area contributed by atoms with Crippen LogP contribution in [0.4, 0.5) is 0 Å². The van der Waals surface area contributed by atoms with Gasteiger partial charge in [-0.15, -0.1) is 0 Å². The Balaban J connectivity index is 1.44. The number of hydrogen-bond donors (Lipinski definition) is 1. The van der Waals surface area contributed by atoms with E-state index in [1.54, 1.807) is 6.08 Å². The highest BCUT2D eigenvalue weighted by Gasteiger charge is 2.36. The van der Waals surface area contributed by atoms with Crippen LogP contribution in [0.3, 0.4) is 0 Å². The summed E-state index contributed by atoms with van der Waals surface area (Å²) in [4.78, 5) is 14.3. The van der Waals surface area contributed by atoms with Crippen molar-refractivity contribution in [3.63, 3.8) is 0 Å². The molecule has 1 saturated heterocycles. The van der Waals surface area contributed by atoms with Crippen LogP contribution in [0.25, 0.3) is 0 Å². The van der Waals surface area contributed by atoms with E-state index in [4.69, 9.17) is 4.74 Å². The lowest BCUT2D eigenvalue weighted by Crippen LogP contribution is -2.50. The fraction of sp³-hybridized carbons (Fsp3) is 0.550. The summed E-state index contributed by atoms with van der Waals surface area (Å²) in [7, 11) is 0. The number of likely N-dealkylation sites (tertiary alicyclic amines) is 1. The first-order chi connectivity index (χ1) is 11.7. The molecule has 4 heteroatoms. The third-order valence-corrected chi connectivity index (χ3v) is 5.00. The number of rotatable bonds is 7. The zero-order chi connectivity index (χ0) is 16.9. The van der Waals surface area contributed by atoms with Gasteiger partial charge in [-0.3, -0.25) is 4.79 Å². The maximum absolute atomic E-state index is 12.2. The van der Waals surface area contributed by atoms with Crippen molar-refractivity contribution in [3.05, 3.63) is 42.5 Å². The molecule has 2 aliphatic rings. The van der Waals surface area contributed by atoms with E-state index in [9.17, 15) is 4.79 Å². The summed E-state index contributed by atoms with van der Waals surface area (Å²) >= 11 is 0. The van der Waals surface area contributed by atoms with Gasteiger partial charge in [-0.1, -0.05) is 31.7 Å². The van der Waals surface area contributed by atoms with Crippen LogP contribution < -0.4 is 10.1 Å². The number of carbonyl (C=O) groups excluding carboxylic acids is 1. The molecular formula is C20H28N2O2. The first kappa shape index (κ1) is 17.0. The molecule has 2 fully saturated rings. The standard InChI is InChI=1S/C20H28N2O2/c1-3-12-24-18-8-4-16(5-9-18)13-21-19-10-11-22(14-15(19)2)20(23)17-6-7-17/h3-5,8-9,15,17,19,21H,1,6-7,10-14H2,2H3/t15-,19+/m1/s1. The molecule has 1 heterocycles. The molecule has 1 aliphatic carbocycles. The Bertz CT molecular complexity index is 566. The van der Waals surface area contributed by atoms with E-state index in [0.29, 0.717) is 30.4 Å². The minimum absolute atomic E-state index is 0.337. The summed E-state index contributed by atoms with van der Waals surface area (Å²) in [6, 6.07) is 8.68. The largest absolute Gasteiger partial charge is 0.490 e. The molecule has 0 bridgehead atoms. The van der Waals surface area contributed by atoms with Crippen molar-refractivity contribution >= 4 is 5.91 Å². The normalized spacial score (nSPS) is 23.8. The number of hydrogen-bond acceptors (Lipinski definition) is 3. The summed E-state index contributed by atoms with van der Waals surface area (Å²) in [5, 5.41) is 3.66. The number of benzene rings is 1. The lowest BCUT2D eigenvalue weighted by Gasteiger charge is -2.37. The Morgan fingerprint density at radius 2 is 2.08 bits per heavy atom. The minimum atomic E-state index is 0.337. The van der Waals surface area contributed by atoms with Gasteiger partial charge in [0.05, 0.1) is 0 Å². The average molecular weight is 328 g/mol. The topological polar surface area (TPSA) is 41.6 Å². The third-order valence-electron chi connectivity index (χ3n) is 5.00. The molecule has 130 valence electrons. The number of carbonyl (C=O) groups is 1. The molecule has 4 nitrogen and oxygen atoms in total. The zero-order valence-electron chi connectivity index (χ0n) is 14.5. The zero-order valence-corrected chi connectivity index (χ0v) is 14.5. The van der Waals surface area contributed by atoms with Crippen LogP contribution in [0.2, 0.25) is 0 Å². The smallest absolute Gasteiger partial charge is 0.225 e. The van der Waals surface area contributed by atoms with E-state index in [0.717, 1.165) is 44.6 Å². The van der Waals surface area contributed by atoms with Crippen LogP contribution in [0.15, 0.2) is 36.9 Å². The van der Waals surface area contributed by atoms with Crippen molar-refractivity contribution in [1.82, 2.24) is 10.2 Å². The van der Waals surface area contributed by atoms with E-state index in [1.807, 2.05) is 12.1 Å². The van der Waals surface area contributed by atoms with Crippen LogP contribution in [-0.4, -0.2) is 36.5 Å². The van der Waals surface area contributed by atoms with Gasteiger partial charge in [-0.05, 0) is 42.9 Å². The van der Waals surface area contributed by atoms with Crippen LogP contribution >= 0.6 is 0 Å². The molecular weight excluding hydrogens is 300 g/mol. The van der Waals surface area contributed by atoms with Crippen molar-refractivity contribution < 1.29 is 9.53 Å². The quantitative estimate of drug-likeness (QED) is 0.783. The summed E-state index contributed by atoms with van der Waals surface area (Å²) in [5.74, 6) is 2.09. The Morgan fingerprint density at radius 3 is 2.71 bits per heavy atom. The average Bonchev–Trinajstić information content (AvgIpc) is 3.44.